The molecule has 0 radical (unpaired) electrons. The van der Waals surface area contributed by atoms with Crippen LogP contribution in [0.5, 0.6) is 0 Å². The Labute approximate surface area is 93.6 Å². The zero-order valence-electron chi connectivity index (χ0n) is 7.95. The van der Waals surface area contributed by atoms with E-state index in [1.807, 2.05) is 19.2 Å². The van der Waals surface area contributed by atoms with Crippen LogP contribution in [0.3, 0.4) is 0 Å². The highest BCUT2D eigenvalue weighted by Gasteiger charge is 2.10. The molecule has 0 heterocycles. The first kappa shape index (κ1) is 11.2. The van der Waals surface area contributed by atoms with Crippen molar-refractivity contribution in [3.05, 3.63) is 27.2 Å². The average Bonchev–Trinajstić information content (AvgIpc) is 2.13. The molecule has 0 aliphatic rings. The Bertz CT molecular complexity index is 321. The van der Waals surface area contributed by atoms with Crippen molar-refractivity contribution in [1.29, 1.82) is 0 Å². The van der Waals surface area contributed by atoms with E-state index < -0.39 is 0 Å². The maximum atomic E-state index is 6.18. The monoisotopic (exact) mass is 234 g/mol. The van der Waals surface area contributed by atoms with Crippen molar-refractivity contribution in [2.45, 2.75) is 25.2 Å². The maximum Gasteiger partial charge on any atom is 0.0493 e. The molecular weight excluding hydrogens is 223 g/mol. The third-order valence-electron chi connectivity index (χ3n) is 2.08. The van der Waals surface area contributed by atoms with Gasteiger partial charge in [-0.1, -0.05) is 30.1 Å². The van der Waals surface area contributed by atoms with Gasteiger partial charge in [-0.3, -0.25) is 0 Å². The van der Waals surface area contributed by atoms with E-state index in [4.69, 9.17) is 23.2 Å². The first-order chi connectivity index (χ1) is 6.11. The SMILES string of the molecule is CCc1c(SC)cc(Cl)c(C)c1Cl. The molecule has 0 bridgehead atoms. The third-order valence-corrected chi connectivity index (χ3v) is 3.79. The summed E-state index contributed by atoms with van der Waals surface area (Å²) in [6, 6.07) is 1.99. The van der Waals surface area contributed by atoms with Gasteiger partial charge >= 0.3 is 0 Å². The molecule has 0 saturated carbocycles. The largest absolute Gasteiger partial charge is 0.129 e. The molecule has 1 rings (SSSR count). The van der Waals surface area contributed by atoms with Crippen LogP contribution in [0.1, 0.15) is 18.1 Å². The van der Waals surface area contributed by atoms with E-state index in [0.29, 0.717) is 0 Å². The highest BCUT2D eigenvalue weighted by molar-refractivity contribution is 7.98. The van der Waals surface area contributed by atoms with Crippen LogP contribution in [-0.2, 0) is 6.42 Å². The summed E-state index contributed by atoms with van der Waals surface area (Å²) in [7, 11) is 0. The summed E-state index contributed by atoms with van der Waals surface area (Å²) in [5.41, 5.74) is 2.19. The summed E-state index contributed by atoms with van der Waals surface area (Å²) in [5.74, 6) is 0. The number of hydrogen-bond acceptors (Lipinski definition) is 1. The fourth-order valence-corrected chi connectivity index (χ4v) is 2.70. The van der Waals surface area contributed by atoms with Crippen molar-refractivity contribution in [2.75, 3.05) is 6.26 Å². The minimum Gasteiger partial charge on any atom is -0.129 e. The summed E-state index contributed by atoms with van der Waals surface area (Å²) in [5, 5.41) is 1.57. The molecule has 0 aliphatic carbocycles. The van der Waals surface area contributed by atoms with Crippen molar-refractivity contribution in [2.24, 2.45) is 0 Å². The minimum atomic E-state index is 0.756. The van der Waals surface area contributed by atoms with Crippen LogP contribution in [0.2, 0.25) is 10.0 Å². The van der Waals surface area contributed by atoms with Gasteiger partial charge in [0, 0.05) is 14.9 Å². The molecule has 0 fully saturated rings. The van der Waals surface area contributed by atoms with E-state index in [1.165, 1.54) is 10.5 Å². The summed E-state index contributed by atoms with van der Waals surface area (Å²) in [6.07, 6.45) is 2.99. The van der Waals surface area contributed by atoms with E-state index in [-0.39, 0.29) is 0 Å². The quantitative estimate of drug-likeness (QED) is 0.676. The lowest BCUT2D eigenvalue weighted by atomic mass is 10.1. The average molecular weight is 235 g/mol. The maximum absolute atomic E-state index is 6.18. The Kier molecular flexibility index (Phi) is 3.96. The topological polar surface area (TPSA) is 0 Å². The van der Waals surface area contributed by atoms with Gasteiger partial charge in [0.15, 0.2) is 0 Å². The summed E-state index contributed by atoms with van der Waals surface area (Å²) in [6.45, 7) is 4.06. The van der Waals surface area contributed by atoms with Crippen LogP contribution in [0, 0.1) is 6.92 Å². The van der Waals surface area contributed by atoms with Gasteiger partial charge in [-0.15, -0.1) is 11.8 Å². The first-order valence-corrected chi connectivity index (χ1v) is 6.11. The van der Waals surface area contributed by atoms with E-state index in [1.54, 1.807) is 11.8 Å². The van der Waals surface area contributed by atoms with Gasteiger partial charge in [-0.2, -0.15) is 0 Å². The molecule has 0 amide bonds. The Morgan fingerprint density at radius 1 is 1.38 bits per heavy atom. The Balaban J connectivity index is 3.39. The van der Waals surface area contributed by atoms with Gasteiger partial charge in [0.05, 0.1) is 0 Å². The van der Waals surface area contributed by atoms with Crippen molar-refractivity contribution in [3.63, 3.8) is 0 Å². The van der Waals surface area contributed by atoms with Crippen molar-refractivity contribution in [3.8, 4) is 0 Å². The van der Waals surface area contributed by atoms with Crippen molar-refractivity contribution >= 4 is 35.0 Å². The van der Waals surface area contributed by atoms with E-state index in [9.17, 15) is 0 Å². The summed E-state index contributed by atoms with van der Waals surface area (Å²) >= 11 is 13.9. The van der Waals surface area contributed by atoms with E-state index >= 15 is 0 Å². The van der Waals surface area contributed by atoms with Crippen molar-refractivity contribution < 1.29 is 0 Å². The fourth-order valence-electron chi connectivity index (χ4n) is 1.26. The second-order valence-corrected chi connectivity index (χ2v) is 4.46. The molecule has 0 aromatic heterocycles. The number of rotatable bonds is 2. The standard InChI is InChI=1S/C10H12Cl2S/c1-4-7-9(13-3)5-8(11)6(2)10(7)12/h5H,4H2,1-3H3. The van der Waals surface area contributed by atoms with Gasteiger partial charge < -0.3 is 0 Å². The highest BCUT2D eigenvalue weighted by Crippen LogP contribution is 2.34. The second kappa shape index (κ2) is 4.59. The molecule has 1 aromatic carbocycles. The number of benzene rings is 1. The van der Waals surface area contributed by atoms with Crippen LogP contribution in [0.4, 0.5) is 0 Å². The van der Waals surface area contributed by atoms with Crippen LogP contribution >= 0.6 is 35.0 Å². The number of halogens is 2. The Hall–Kier alpha value is 0.150. The van der Waals surface area contributed by atoms with Gasteiger partial charge in [-0.25, -0.2) is 0 Å². The van der Waals surface area contributed by atoms with Crippen LogP contribution in [0.15, 0.2) is 11.0 Å². The molecule has 0 atom stereocenters. The normalized spacial score (nSPS) is 10.5. The van der Waals surface area contributed by atoms with Crippen LogP contribution in [0.25, 0.3) is 0 Å². The van der Waals surface area contributed by atoms with E-state index in [0.717, 1.165) is 22.0 Å². The lowest BCUT2D eigenvalue weighted by molar-refractivity contribution is 1.07. The predicted molar refractivity (Wildman–Crippen MR) is 62.4 cm³/mol. The number of thioether (sulfide) groups is 1. The molecule has 0 nitrogen and oxygen atoms in total. The van der Waals surface area contributed by atoms with E-state index in [2.05, 4.69) is 6.92 Å². The fraction of sp³-hybridized carbons (Fsp3) is 0.400. The zero-order chi connectivity index (χ0) is 10.0. The smallest absolute Gasteiger partial charge is 0.0493 e. The Morgan fingerprint density at radius 3 is 2.46 bits per heavy atom. The number of hydrogen-bond donors (Lipinski definition) is 0. The van der Waals surface area contributed by atoms with Gasteiger partial charge in [0.2, 0.25) is 0 Å². The lowest BCUT2D eigenvalue weighted by Gasteiger charge is -2.11. The molecule has 0 saturated heterocycles. The van der Waals surface area contributed by atoms with Gasteiger partial charge in [-0.05, 0) is 36.8 Å². The molecule has 3 heteroatoms. The summed E-state index contributed by atoms with van der Waals surface area (Å²) in [4.78, 5) is 1.18. The molecule has 72 valence electrons. The molecule has 13 heavy (non-hydrogen) atoms. The molecule has 0 unspecified atom stereocenters. The van der Waals surface area contributed by atoms with Crippen LogP contribution in [-0.4, -0.2) is 6.26 Å². The minimum absolute atomic E-state index is 0.756. The van der Waals surface area contributed by atoms with Gasteiger partial charge in [0.1, 0.15) is 0 Å². The molecule has 0 N–H and O–H groups in total. The van der Waals surface area contributed by atoms with Crippen molar-refractivity contribution in [1.82, 2.24) is 0 Å². The van der Waals surface area contributed by atoms with Crippen LogP contribution < -0.4 is 0 Å². The summed E-state index contributed by atoms with van der Waals surface area (Å²) < 4.78 is 0. The highest BCUT2D eigenvalue weighted by atomic mass is 35.5. The lowest BCUT2D eigenvalue weighted by Crippen LogP contribution is -1.91. The molecule has 0 aliphatic heterocycles. The third kappa shape index (κ3) is 2.15. The zero-order valence-corrected chi connectivity index (χ0v) is 10.3. The van der Waals surface area contributed by atoms with Gasteiger partial charge in [0.25, 0.3) is 0 Å². The Morgan fingerprint density at radius 2 is 2.00 bits per heavy atom. The predicted octanol–water partition coefficient (Wildman–Crippen LogP) is 4.59. The molecule has 1 aromatic rings. The molecule has 0 spiro atoms. The molecular formula is C10H12Cl2S. The first-order valence-electron chi connectivity index (χ1n) is 4.13. The second-order valence-electron chi connectivity index (χ2n) is 2.83.